The van der Waals surface area contributed by atoms with Crippen LogP contribution in [0.1, 0.15) is 18.4 Å². The van der Waals surface area contributed by atoms with Gasteiger partial charge in [0.15, 0.2) is 11.6 Å². The number of para-hydroxylation sites is 1. The van der Waals surface area contributed by atoms with Crippen LogP contribution in [0.5, 0.6) is 5.75 Å². The van der Waals surface area contributed by atoms with Crippen molar-refractivity contribution in [2.75, 3.05) is 19.7 Å². The highest BCUT2D eigenvalue weighted by Gasteiger charge is 2.33. The minimum atomic E-state index is -0.379. The van der Waals surface area contributed by atoms with Crippen molar-refractivity contribution in [3.05, 3.63) is 72.1 Å². The molecule has 0 aromatic heterocycles. The summed E-state index contributed by atoms with van der Waals surface area (Å²) in [5, 5.41) is 0. The quantitative estimate of drug-likeness (QED) is 0.836. The molecule has 28 heavy (non-hydrogen) atoms. The van der Waals surface area contributed by atoms with Gasteiger partial charge in [-0.2, -0.15) is 0 Å². The number of ether oxygens (including phenoxy) is 1. The lowest BCUT2D eigenvalue weighted by Gasteiger charge is -2.28. The van der Waals surface area contributed by atoms with Crippen LogP contribution in [0.25, 0.3) is 5.57 Å². The highest BCUT2D eigenvalue weighted by molar-refractivity contribution is 5.83. The number of nitrogens with zero attached hydrogens (tertiary/aromatic N) is 1. The molecule has 2 unspecified atom stereocenters. The van der Waals surface area contributed by atoms with Crippen molar-refractivity contribution in [3.8, 4) is 5.75 Å². The second-order valence-electron chi connectivity index (χ2n) is 7.14. The summed E-state index contributed by atoms with van der Waals surface area (Å²) in [5.41, 5.74) is 8.67. The lowest BCUT2D eigenvalue weighted by atomic mass is 9.99. The number of amides is 1. The first-order valence-corrected chi connectivity index (χ1v) is 9.62. The van der Waals surface area contributed by atoms with Crippen molar-refractivity contribution in [2.45, 2.75) is 24.9 Å². The first-order chi connectivity index (χ1) is 13.7. The summed E-state index contributed by atoms with van der Waals surface area (Å²) in [4.78, 5) is 14.7. The van der Waals surface area contributed by atoms with Crippen LogP contribution in [0.15, 0.2) is 60.7 Å². The van der Waals surface area contributed by atoms with Crippen molar-refractivity contribution >= 4 is 11.5 Å². The molecule has 2 aliphatic rings. The number of hydrogen-bond donors (Lipinski definition) is 2. The van der Waals surface area contributed by atoms with Crippen molar-refractivity contribution in [1.82, 2.24) is 15.8 Å². The highest BCUT2D eigenvalue weighted by atomic mass is 19.1. The number of nitrogens with one attached hydrogen (secondary N) is 2. The van der Waals surface area contributed by atoms with Gasteiger partial charge in [0.2, 0.25) is 5.91 Å². The van der Waals surface area contributed by atoms with Crippen LogP contribution in [0.2, 0.25) is 0 Å². The fraction of sp³-hybridized carbons (Fsp3) is 0.318. The second kappa shape index (κ2) is 8.54. The van der Waals surface area contributed by atoms with Crippen molar-refractivity contribution in [3.63, 3.8) is 0 Å². The van der Waals surface area contributed by atoms with Gasteiger partial charge in [0.05, 0.1) is 6.04 Å². The molecular formula is C22H24FN3O2. The number of hydrogen-bond acceptors (Lipinski definition) is 4. The zero-order valence-electron chi connectivity index (χ0n) is 15.6. The Labute approximate surface area is 164 Å². The molecule has 0 radical (unpaired) electrons. The zero-order valence-corrected chi connectivity index (χ0v) is 15.6. The van der Waals surface area contributed by atoms with Crippen LogP contribution < -0.4 is 15.6 Å². The van der Waals surface area contributed by atoms with Crippen LogP contribution in [0, 0.1) is 5.82 Å². The van der Waals surface area contributed by atoms with Gasteiger partial charge in [-0.05, 0) is 36.1 Å². The summed E-state index contributed by atoms with van der Waals surface area (Å²) in [5.74, 6) is -0.0617. The highest BCUT2D eigenvalue weighted by Crippen LogP contribution is 2.23. The van der Waals surface area contributed by atoms with E-state index in [0.29, 0.717) is 26.1 Å². The average molecular weight is 381 g/mol. The molecule has 1 fully saturated rings. The molecule has 2 aromatic carbocycles. The van der Waals surface area contributed by atoms with Gasteiger partial charge in [-0.1, -0.05) is 48.5 Å². The van der Waals surface area contributed by atoms with Crippen LogP contribution in [0.4, 0.5) is 4.39 Å². The van der Waals surface area contributed by atoms with E-state index >= 15 is 0 Å². The minimum absolute atomic E-state index is 0.0474. The van der Waals surface area contributed by atoms with E-state index in [0.717, 1.165) is 6.42 Å². The molecule has 146 valence electrons. The lowest BCUT2D eigenvalue weighted by molar-refractivity contribution is -0.132. The van der Waals surface area contributed by atoms with E-state index in [9.17, 15) is 9.18 Å². The van der Waals surface area contributed by atoms with E-state index in [2.05, 4.69) is 29.1 Å². The number of halogens is 1. The van der Waals surface area contributed by atoms with E-state index in [-0.39, 0.29) is 29.6 Å². The number of carbonyl (C=O) groups is 1. The molecule has 1 saturated heterocycles. The second-order valence-corrected chi connectivity index (χ2v) is 7.14. The van der Waals surface area contributed by atoms with Crippen molar-refractivity contribution < 1.29 is 13.9 Å². The van der Waals surface area contributed by atoms with E-state index in [4.69, 9.17) is 4.74 Å². The van der Waals surface area contributed by atoms with Gasteiger partial charge >= 0.3 is 0 Å². The van der Waals surface area contributed by atoms with Crippen molar-refractivity contribution in [1.29, 1.82) is 0 Å². The summed E-state index contributed by atoms with van der Waals surface area (Å²) >= 11 is 0. The predicted molar refractivity (Wildman–Crippen MR) is 106 cm³/mol. The monoisotopic (exact) mass is 381 g/mol. The van der Waals surface area contributed by atoms with Gasteiger partial charge < -0.3 is 9.64 Å². The maximum Gasteiger partial charge on any atom is 0.241 e. The van der Waals surface area contributed by atoms with Crippen LogP contribution in [-0.2, 0) is 4.79 Å². The SMILES string of the molecule is O=C(C1CC(COc2ccccc2F)NN1)N1CC=C(c2ccccc2)CC1. The third-order valence-electron chi connectivity index (χ3n) is 5.22. The molecule has 6 heteroatoms. The summed E-state index contributed by atoms with van der Waals surface area (Å²) in [6.07, 6.45) is 3.60. The summed E-state index contributed by atoms with van der Waals surface area (Å²) < 4.78 is 19.2. The lowest BCUT2D eigenvalue weighted by Crippen LogP contribution is -2.47. The summed E-state index contributed by atoms with van der Waals surface area (Å²) in [6, 6.07) is 16.3. The molecule has 2 aliphatic heterocycles. The number of rotatable bonds is 5. The Bertz CT molecular complexity index is 856. The zero-order chi connectivity index (χ0) is 19.3. The Morgan fingerprint density at radius 1 is 1.11 bits per heavy atom. The van der Waals surface area contributed by atoms with Gasteiger partial charge in [-0.25, -0.2) is 9.82 Å². The molecule has 0 saturated carbocycles. The number of benzene rings is 2. The molecule has 1 amide bonds. The van der Waals surface area contributed by atoms with Crippen LogP contribution in [0.3, 0.4) is 0 Å². The molecular weight excluding hydrogens is 357 g/mol. The van der Waals surface area contributed by atoms with Crippen LogP contribution >= 0.6 is 0 Å². The van der Waals surface area contributed by atoms with Gasteiger partial charge in [-0.3, -0.25) is 10.2 Å². The van der Waals surface area contributed by atoms with Crippen LogP contribution in [-0.4, -0.2) is 42.6 Å². The molecule has 5 nitrogen and oxygen atoms in total. The van der Waals surface area contributed by atoms with E-state index < -0.39 is 0 Å². The fourth-order valence-electron chi connectivity index (χ4n) is 3.65. The topological polar surface area (TPSA) is 53.6 Å². The normalized spacial score (nSPS) is 22.0. The molecule has 2 N–H and O–H groups in total. The maximum absolute atomic E-state index is 13.6. The Balaban J connectivity index is 1.28. The average Bonchev–Trinajstić information content (AvgIpc) is 3.22. The predicted octanol–water partition coefficient (Wildman–Crippen LogP) is 2.76. The Hall–Kier alpha value is -2.70. The Morgan fingerprint density at radius 3 is 2.64 bits per heavy atom. The van der Waals surface area contributed by atoms with E-state index in [1.165, 1.54) is 17.2 Å². The third kappa shape index (κ3) is 4.24. The maximum atomic E-state index is 13.6. The fourth-order valence-corrected chi connectivity index (χ4v) is 3.65. The van der Waals surface area contributed by atoms with Gasteiger partial charge in [0.25, 0.3) is 0 Å². The minimum Gasteiger partial charge on any atom is -0.489 e. The van der Waals surface area contributed by atoms with Crippen molar-refractivity contribution in [2.24, 2.45) is 0 Å². The third-order valence-corrected chi connectivity index (χ3v) is 5.22. The molecule has 2 atom stereocenters. The van der Waals surface area contributed by atoms with Gasteiger partial charge in [0.1, 0.15) is 12.6 Å². The van der Waals surface area contributed by atoms with Gasteiger partial charge in [-0.15, -0.1) is 0 Å². The number of hydrazine groups is 1. The smallest absolute Gasteiger partial charge is 0.241 e. The van der Waals surface area contributed by atoms with E-state index in [1.807, 2.05) is 23.1 Å². The van der Waals surface area contributed by atoms with E-state index in [1.54, 1.807) is 18.2 Å². The molecule has 0 aliphatic carbocycles. The van der Waals surface area contributed by atoms with Gasteiger partial charge in [0, 0.05) is 13.1 Å². The Morgan fingerprint density at radius 2 is 1.89 bits per heavy atom. The molecule has 2 heterocycles. The first kappa shape index (κ1) is 18.7. The summed E-state index contributed by atoms with van der Waals surface area (Å²) in [6.45, 7) is 1.64. The number of carbonyl (C=O) groups excluding carboxylic acids is 1. The molecule has 0 spiro atoms. The molecule has 4 rings (SSSR count). The standard InChI is InChI=1S/C22H24FN3O2/c23-19-8-4-5-9-21(19)28-15-18-14-20(25-24-18)22(27)26-12-10-17(11-13-26)16-6-2-1-3-7-16/h1-10,18,20,24-25H,11-15H2. The summed E-state index contributed by atoms with van der Waals surface area (Å²) in [7, 11) is 0. The molecule has 0 bridgehead atoms. The first-order valence-electron chi connectivity index (χ1n) is 9.62. The Kier molecular flexibility index (Phi) is 5.69. The largest absolute Gasteiger partial charge is 0.489 e. The molecule has 2 aromatic rings.